The molecule has 0 aromatic carbocycles. The quantitative estimate of drug-likeness (QED) is 0.733. The molecule has 1 saturated heterocycles. The molecule has 1 aromatic heterocycles. The lowest BCUT2D eigenvalue weighted by atomic mass is 9.81. The van der Waals surface area contributed by atoms with Crippen LogP contribution in [-0.2, 0) is 7.05 Å². The summed E-state index contributed by atoms with van der Waals surface area (Å²) in [5.74, 6) is 1.25. The van der Waals surface area contributed by atoms with Crippen molar-refractivity contribution in [3.05, 3.63) is 18.0 Å². The van der Waals surface area contributed by atoms with Gasteiger partial charge in [-0.15, -0.1) is 0 Å². The molecule has 14 heavy (non-hydrogen) atoms. The standard InChI is InChI=1S/C11H19N3/c1-8-7-12-11(2,3)10(8)9-5-6-13-14(9)4/h5-6,8,10,12H,7H2,1-4H3. The predicted molar refractivity (Wildman–Crippen MR) is 57.2 cm³/mol. The predicted octanol–water partition coefficient (Wildman–Crippen LogP) is 1.52. The molecule has 0 bridgehead atoms. The topological polar surface area (TPSA) is 29.9 Å². The lowest BCUT2D eigenvalue weighted by Gasteiger charge is -2.29. The van der Waals surface area contributed by atoms with Gasteiger partial charge >= 0.3 is 0 Å². The van der Waals surface area contributed by atoms with Gasteiger partial charge in [-0.05, 0) is 32.4 Å². The van der Waals surface area contributed by atoms with E-state index in [-0.39, 0.29) is 5.54 Å². The third-order valence-corrected chi connectivity index (χ3v) is 3.40. The first-order chi connectivity index (χ1) is 6.52. The molecule has 2 unspecified atom stereocenters. The highest BCUT2D eigenvalue weighted by molar-refractivity contribution is 5.18. The molecule has 1 aliphatic heterocycles. The van der Waals surface area contributed by atoms with Crippen LogP contribution in [0.3, 0.4) is 0 Å². The van der Waals surface area contributed by atoms with E-state index in [0.717, 1.165) is 6.54 Å². The van der Waals surface area contributed by atoms with E-state index >= 15 is 0 Å². The van der Waals surface area contributed by atoms with Crippen molar-refractivity contribution in [3.8, 4) is 0 Å². The first-order valence-corrected chi connectivity index (χ1v) is 5.25. The van der Waals surface area contributed by atoms with Gasteiger partial charge < -0.3 is 5.32 Å². The third-order valence-electron chi connectivity index (χ3n) is 3.40. The third kappa shape index (κ3) is 1.36. The molecule has 3 nitrogen and oxygen atoms in total. The van der Waals surface area contributed by atoms with Crippen LogP contribution >= 0.6 is 0 Å². The fraction of sp³-hybridized carbons (Fsp3) is 0.727. The van der Waals surface area contributed by atoms with Gasteiger partial charge in [0.05, 0.1) is 0 Å². The van der Waals surface area contributed by atoms with Gasteiger partial charge in [-0.3, -0.25) is 4.68 Å². The Labute approximate surface area is 85.5 Å². The van der Waals surface area contributed by atoms with E-state index in [0.29, 0.717) is 11.8 Å². The molecule has 3 heteroatoms. The molecule has 2 atom stereocenters. The number of rotatable bonds is 1. The molecule has 0 radical (unpaired) electrons. The maximum absolute atomic E-state index is 4.25. The second-order valence-electron chi connectivity index (χ2n) is 4.94. The van der Waals surface area contributed by atoms with Gasteiger partial charge in [-0.25, -0.2) is 0 Å². The minimum absolute atomic E-state index is 0.188. The van der Waals surface area contributed by atoms with Crippen molar-refractivity contribution in [1.29, 1.82) is 0 Å². The van der Waals surface area contributed by atoms with E-state index in [2.05, 4.69) is 37.3 Å². The van der Waals surface area contributed by atoms with Crippen molar-refractivity contribution < 1.29 is 0 Å². The number of hydrogen-bond acceptors (Lipinski definition) is 2. The molecule has 1 aliphatic rings. The Morgan fingerprint density at radius 2 is 2.29 bits per heavy atom. The molecular formula is C11H19N3. The zero-order valence-electron chi connectivity index (χ0n) is 9.41. The minimum atomic E-state index is 0.188. The molecule has 1 aromatic rings. The lowest BCUT2D eigenvalue weighted by molar-refractivity contribution is 0.368. The van der Waals surface area contributed by atoms with Gasteiger partial charge in [0, 0.05) is 30.4 Å². The number of nitrogens with zero attached hydrogens (tertiary/aromatic N) is 2. The summed E-state index contributed by atoms with van der Waals surface area (Å²) >= 11 is 0. The van der Waals surface area contributed by atoms with Gasteiger partial charge in [0.1, 0.15) is 0 Å². The maximum atomic E-state index is 4.25. The van der Waals surface area contributed by atoms with Crippen LogP contribution in [0.2, 0.25) is 0 Å². The summed E-state index contributed by atoms with van der Waals surface area (Å²) in [6, 6.07) is 2.13. The maximum Gasteiger partial charge on any atom is 0.0492 e. The molecule has 1 N–H and O–H groups in total. The van der Waals surface area contributed by atoms with E-state index in [1.165, 1.54) is 5.69 Å². The first-order valence-electron chi connectivity index (χ1n) is 5.25. The van der Waals surface area contributed by atoms with Gasteiger partial charge in [0.25, 0.3) is 0 Å². The van der Waals surface area contributed by atoms with Crippen LogP contribution < -0.4 is 5.32 Å². The molecule has 0 amide bonds. The number of hydrogen-bond donors (Lipinski definition) is 1. The van der Waals surface area contributed by atoms with Gasteiger partial charge in [-0.1, -0.05) is 6.92 Å². The zero-order valence-corrected chi connectivity index (χ0v) is 9.41. The monoisotopic (exact) mass is 193 g/mol. The summed E-state index contributed by atoms with van der Waals surface area (Å²) in [7, 11) is 2.02. The second kappa shape index (κ2) is 3.09. The molecule has 0 spiro atoms. The molecular weight excluding hydrogens is 174 g/mol. The van der Waals surface area contributed by atoms with Crippen LogP contribution in [0.15, 0.2) is 12.3 Å². The number of nitrogens with one attached hydrogen (secondary N) is 1. The second-order valence-corrected chi connectivity index (χ2v) is 4.94. The van der Waals surface area contributed by atoms with E-state index < -0.39 is 0 Å². The molecule has 78 valence electrons. The van der Waals surface area contributed by atoms with Gasteiger partial charge in [0.15, 0.2) is 0 Å². The molecule has 2 heterocycles. The van der Waals surface area contributed by atoms with Gasteiger partial charge in [-0.2, -0.15) is 5.10 Å². The lowest BCUT2D eigenvalue weighted by Crippen LogP contribution is -2.37. The van der Waals surface area contributed by atoms with Crippen molar-refractivity contribution in [1.82, 2.24) is 15.1 Å². The molecule has 0 aliphatic carbocycles. The van der Waals surface area contributed by atoms with E-state index in [1.807, 2.05) is 17.9 Å². The van der Waals surface area contributed by atoms with Crippen molar-refractivity contribution in [2.24, 2.45) is 13.0 Å². The smallest absolute Gasteiger partial charge is 0.0492 e. The summed E-state index contributed by atoms with van der Waals surface area (Å²) in [5.41, 5.74) is 1.53. The average molecular weight is 193 g/mol. The molecule has 2 rings (SSSR count). The van der Waals surface area contributed by atoms with Crippen molar-refractivity contribution in [2.45, 2.75) is 32.2 Å². The Morgan fingerprint density at radius 1 is 1.57 bits per heavy atom. The SMILES string of the molecule is CC1CNC(C)(C)C1c1ccnn1C. The Bertz CT molecular complexity index is 327. The highest BCUT2D eigenvalue weighted by atomic mass is 15.3. The summed E-state index contributed by atoms with van der Waals surface area (Å²) in [4.78, 5) is 0. The van der Waals surface area contributed by atoms with Crippen LogP contribution in [0.1, 0.15) is 32.4 Å². The van der Waals surface area contributed by atoms with Crippen LogP contribution in [0.5, 0.6) is 0 Å². The minimum Gasteiger partial charge on any atom is -0.311 e. The number of aryl methyl sites for hydroxylation is 1. The summed E-state index contributed by atoms with van der Waals surface area (Å²) < 4.78 is 2.00. The normalized spacial score (nSPS) is 30.9. The van der Waals surface area contributed by atoms with E-state index in [1.54, 1.807) is 0 Å². The van der Waals surface area contributed by atoms with Crippen LogP contribution in [0.25, 0.3) is 0 Å². The summed E-state index contributed by atoms with van der Waals surface area (Å²) in [6.07, 6.45) is 1.89. The first kappa shape index (κ1) is 9.71. The number of aromatic nitrogens is 2. The largest absolute Gasteiger partial charge is 0.311 e. The van der Waals surface area contributed by atoms with E-state index in [9.17, 15) is 0 Å². The van der Waals surface area contributed by atoms with Crippen molar-refractivity contribution >= 4 is 0 Å². The van der Waals surface area contributed by atoms with Crippen molar-refractivity contribution in [3.63, 3.8) is 0 Å². The summed E-state index contributed by atoms with van der Waals surface area (Å²) in [5, 5.41) is 7.82. The molecule has 0 saturated carbocycles. The summed E-state index contributed by atoms with van der Waals surface area (Å²) in [6.45, 7) is 7.95. The fourth-order valence-corrected chi connectivity index (χ4v) is 2.71. The Balaban J connectivity index is 2.37. The fourth-order valence-electron chi connectivity index (χ4n) is 2.71. The van der Waals surface area contributed by atoms with Crippen molar-refractivity contribution in [2.75, 3.05) is 6.54 Å². The van der Waals surface area contributed by atoms with Crippen LogP contribution in [-0.4, -0.2) is 21.9 Å². The van der Waals surface area contributed by atoms with Gasteiger partial charge in [0.2, 0.25) is 0 Å². The average Bonchev–Trinajstić information content (AvgIpc) is 2.58. The zero-order chi connectivity index (χ0) is 10.3. The van der Waals surface area contributed by atoms with Crippen LogP contribution in [0.4, 0.5) is 0 Å². The highest BCUT2D eigenvalue weighted by Gasteiger charge is 2.41. The molecule has 1 fully saturated rings. The highest BCUT2D eigenvalue weighted by Crippen LogP contribution is 2.38. The van der Waals surface area contributed by atoms with Crippen LogP contribution in [0, 0.1) is 5.92 Å². The van der Waals surface area contributed by atoms with E-state index in [4.69, 9.17) is 0 Å². The Morgan fingerprint density at radius 3 is 2.71 bits per heavy atom. The Kier molecular flexibility index (Phi) is 2.14. The Hall–Kier alpha value is -0.830.